The minimum atomic E-state index is -0.912. The molecule has 94 valence electrons. The molecule has 1 saturated heterocycles. The first-order valence-corrected chi connectivity index (χ1v) is 6.53. The molecule has 0 saturated carbocycles. The fourth-order valence-electron chi connectivity index (χ4n) is 2.25. The van der Waals surface area contributed by atoms with Crippen molar-refractivity contribution < 1.29 is 19.4 Å². The molecular formula is C12H16O4S. The molecule has 5 heteroatoms. The summed E-state index contributed by atoms with van der Waals surface area (Å²) in [6.45, 7) is 5.37. The van der Waals surface area contributed by atoms with E-state index in [2.05, 4.69) is 0 Å². The fourth-order valence-corrected chi connectivity index (χ4v) is 3.88. The minimum Gasteiger partial charge on any atom is -0.481 e. The molecule has 1 fully saturated rings. The van der Waals surface area contributed by atoms with Crippen molar-refractivity contribution in [3.8, 4) is 0 Å². The molecular weight excluding hydrogens is 240 g/mol. The topological polar surface area (TPSA) is 63.6 Å². The predicted octanol–water partition coefficient (Wildman–Crippen LogP) is 1.70. The molecule has 0 spiro atoms. The smallest absolute Gasteiger partial charge is 0.311 e. The number of carbonyl (C=O) groups is 2. The monoisotopic (exact) mass is 256 g/mol. The third-order valence-electron chi connectivity index (χ3n) is 2.86. The van der Waals surface area contributed by atoms with Crippen LogP contribution in [0.1, 0.15) is 20.8 Å². The standard InChI is InChI=1S/C12H16O4S/c1-12(2,3)16-11(15)9-7-5-4-6(17-7)8(9)10(13)14/h4-9H,1-3H3,(H,13,14). The highest BCUT2D eigenvalue weighted by Gasteiger charge is 2.53. The van der Waals surface area contributed by atoms with Crippen LogP contribution < -0.4 is 0 Å². The molecule has 0 amide bonds. The van der Waals surface area contributed by atoms with E-state index in [9.17, 15) is 14.7 Å². The van der Waals surface area contributed by atoms with Crippen molar-refractivity contribution in [1.82, 2.24) is 0 Å². The van der Waals surface area contributed by atoms with Crippen molar-refractivity contribution in [1.29, 1.82) is 0 Å². The summed E-state index contributed by atoms with van der Waals surface area (Å²) in [6.07, 6.45) is 3.80. The van der Waals surface area contributed by atoms with Crippen molar-refractivity contribution in [2.24, 2.45) is 11.8 Å². The Kier molecular flexibility index (Phi) is 2.97. The zero-order valence-electron chi connectivity index (χ0n) is 10.0. The van der Waals surface area contributed by atoms with Crippen LogP contribution in [0.15, 0.2) is 12.2 Å². The highest BCUT2D eigenvalue weighted by Crippen LogP contribution is 2.49. The molecule has 4 atom stereocenters. The van der Waals surface area contributed by atoms with Gasteiger partial charge in [0.2, 0.25) is 0 Å². The van der Waals surface area contributed by atoms with Gasteiger partial charge in [-0.2, -0.15) is 0 Å². The second kappa shape index (κ2) is 4.05. The summed E-state index contributed by atoms with van der Waals surface area (Å²) < 4.78 is 5.31. The van der Waals surface area contributed by atoms with Gasteiger partial charge in [-0.3, -0.25) is 9.59 Å². The normalized spacial score (nSPS) is 35.0. The van der Waals surface area contributed by atoms with E-state index in [1.165, 1.54) is 11.8 Å². The molecule has 0 aromatic rings. The van der Waals surface area contributed by atoms with Crippen molar-refractivity contribution in [2.45, 2.75) is 36.9 Å². The number of thioether (sulfide) groups is 1. The largest absolute Gasteiger partial charge is 0.481 e. The first kappa shape index (κ1) is 12.5. The lowest BCUT2D eigenvalue weighted by Gasteiger charge is -2.26. The van der Waals surface area contributed by atoms with E-state index in [0.29, 0.717) is 0 Å². The second-order valence-corrected chi connectivity index (χ2v) is 6.73. The number of carboxylic acid groups (broad SMARTS) is 1. The Balaban J connectivity index is 2.17. The van der Waals surface area contributed by atoms with Crippen LogP contribution in [0.2, 0.25) is 0 Å². The van der Waals surface area contributed by atoms with Crippen LogP contribution in [-0.2, 0) is 14.3 Å². The summed E-state index contributed by atoms with van der Waals surface area (Å²) in [5.74, 6) is -2.50. The van der Waals surface area contributed by atoms with E-state index < -0.39 is 29.4 Å². The van der Waals surface area contributed by atoms with Crippen LogP contribution >= 0.6 is 11.8 Å². The van der Waals surface area contributed by atoms with Crippen LogP contribution in [0.4, 0.5) is 0 Å². The van der Waals surface area contributed by atoms with Gasteiger partial charge in [-0.15, -0.1) is 11.8 Å². The van der Waals surface area contributed by atoms with Gasteiger partial charge in [0.05, 0.1) is 11.8 Å². The summed E-state index contributed by atoms with van der Waals surface area (Å²) in [5, 5.41) is 9.06. The molecule has 2 aliphatic heterocycles. The summed E-state index contributed by atoms with van der Waals surface area (Å²) in [7, 11) is 0. The number of carboxylic acids is 1. The van der Waals surface area contributed by atoms with E-state index in [4.69, 9.17) is 4.74 Å². The van der Waals surface area contributed by atoms with E-state index >= 15 is 0 Å². The van der Waals surface area contributed by atoms with Crippen LogP contribution in [-0.4, -0.2) is 33.1 Å². The maximum atomic E-state index is 12.0. The summed E-state index contributed by atoms with van der Waals surface area (Å²) >= 11 is 1.54. The molecule has 17 heavy (non-hydrogen) atoms. The predicted molar refractivity (Wildman–Crippen MR) is 64.8 cm³/mol. The summed E-state index contributed by atoms with van der Waals surface area (Å²) in [4.78, 5) is 23.2. The molecule has 0 aromatic carbocycles. The van der Waals surface area contributed by atoms with Crippen LogP contribution in [0, 0.1) is 11.8 Å². The molecule has 0 radical (unpaired) electrons. The Morgan fingerprint density at radius 2 is 1.71 bits per heavy atom. The molecule has 0 aromatic heterocycles. The Labute approximate surface area is 104 Å². The van der Waals surface area contributed by atoms with Gasteiger partial charge in [-0.05, 0) is 20.8 Å². The molecule has 2 rings (SSSR count). The zero-order chi connectivity index (χ0) is 12.8. The maximum Gasteiger partial charge on any atom is 0.311 e. The van der Waals surface area contributed by atoms with Gasteiger partial charge in [0.1, 0.15) is 5.60 Å². The molecule has 4 unspecified atom stereocenters. The lowest BCUT2D eigenvalue weighted by molar-refractivity contribution is -0.165. The van der Waals surface area contributed by atoms with Crippen molar-refractivity contribution in [3.05, 3.63) is 12.2 Å². The fraction of sp³-hybridized carbons (Fsp3) is 0.667. The van der Waals surface area contributed by atoms with Crippen LogP contribution in [0.5, 0.6) is 0 Å². The first-order valence-electron chi connectivity index (χ1n) is 5.59. The number of hydrogen-bond donors (Lipinski definition) is 1. The molecule has 4 nitrogen and oxygen atoms in total. The van der Waals surface area contributed by atoms with E-state index in [1.807, 2.05) is 12.2 Å². The zero-order valence-corrected chi connectivity index (χ0v) is 10.9. The number of aliphatic carboxylic acids is 1. The highest BCUT2D eigenvalue weighted by molar-refractivity contribution is 8.01. The quantitative estimate of drug-likeness (QED) is 0.602. The van der Waals surface area contributed by atoms with Gasteiger partial charge in [0, 0.05) is 10.5 Å². The number of carbonyl (C=O) groups excluding carboxylic acids is 1. The van der Waals surface area contributed by atoms with Crippen molar-refractivity contribution in [2.75, 3.05) is 0 Å². The van der Waals surface area contributed by atoms with Gasteiger partial charge in [-0.25, -0.2) is 0 Å². The SMILES string of the molecule is CC(C)(C)OC(=O)C1C2C=CC(S2)C1C(=O)O. The Bertz CT molecular complexity index is 382. The molecule has 2 bridgehead atoms. The summed E-state index contributed by atoms with van der Waals surface area (Å²) in [6, 6.07) is 0. The minimum absolute atomic E-state index is 0.0454. The lowest BCUT2D eigenvalue weighted by atomic mass is 9.83. The Morgan fingerprint density at radius 1 is 1.18 bits per heavy atom. The number of esters is 1. The van der Waals surface area contributed by atoms with E-state index in [1.54, 1.807) is 20.8 Å². The third kappa shape index (κ3) is 2.34. The van der Waals surface area contributed by atoms with E-state index in [0.717, 1.165) is 0 Å². The second-order valence-electron chi connectivity index (χ2n) is 5.37. The number of hydrogen-bond acceptors (Lipinski definition) is 4. The summed E-state index contributed by atoms with van der Waals surface area (Å²) in [5.41, 5.74) is -0.573. The average molecular weight is 256 g/mol. The molecule has 2 aliphatic rings. The molecule has 0 aliphatic carbocycles. The lowest BCUT2D eigenvalue weighted by Crippen LogP contribution is -2.40. The van der Waals surface area contributed by atoms with Crippen LogP contribution in [0.3, 0.4) is 0 Å². The van der Waals surface area contributed by atoms with Gasteiger partial charge in [-0.1, -0.05) is 12.2 Å². The van der Waals surface area contributed by atoms with Gasteiger partial charge in [0.25, 0.3) is 0 Å². The van der Waals surface area contributed by atoms with E-state index in [-0.39, 0.29) is 10.5 Å². The maximum absolute atomic E-state index is 12.0. The van der Waals surface area contributed by atoms with Crippen molar-refractivity contribution in [3.63, 3.8) is 0 Å². The number of fused-ring (bicyclic) bond motifs is 2. The highest BCUT2D eigenvalue weighted by atomic mass is 32.2. The van der Waals surface area contributed by atoms with Gasteiger partial charge in [0.15, 0.2) is 0 Å². The van der Waals surface area contributed by atoms with Gasteiger partial charge < -0.3 is 9.84 Å². The number of rotatable bonds is 2. The van der Waals surface area contributed by atoms with Crippen molar-refractivity contribution >= 4 is 23.7 Å². The third-order valence-corrected chi connectivity index (χ3v) is 4.39. The van der Waals surface area contributed by atoms with Crippen LogP contribution in [0.25, 0.3) is 0 Å². The average Bonchev–Trinajstić information content (AvgIpc) is 2.72. The Morgan fingerprint density at radius 3 is 2.18 bits per heavy atom. The number of ether oxygens (including phenoxy) is 1. The molecule has 2 heterocycles. The molecule has 1 N–H and O–H groups in total. The van der Waals surface area contributed by atoms with Gasteiger partial charge >= 0.3 is 11.9 Å². The Hall–Kier alpha value is -0.970. The first-order chi connectivity index (χ1) is 7.79.